The average molecular weight is 124 g/mol. The molecule has 0 saturated heterocycles. The SMILES string of the molecule is C=C(C)C.FB(F)F. The molecule has 0 N–H and O–H groups in total. The van der Waals surface area contributed by atoms with E-state index in [1.807, 2.05) is 13.8 Å². The minimum atomic E-state index is -3.67. The van der Waals surface area contributed by atoms with E-state index in [1.54, 1.807) is 0 Å². The second-order valence-corrected chi connectivity index (χ2v) is 1.45. The lowest BCUT2D eigenvalue weighted by Gasteiger charge is -1.65. The summed E-state index contributed by atoms with van der Waals surface area (Å²) in [6, 6.07) is 0. The molecule has 0 aliphatic heterocycles. The van der Waals surface area contributed by atoms with Crippen molar-refractivity contribution < 1.29 is 12.9 Å². The normalized spacial score (nSPS) is 6.62. The van der Waals surface area contributed by atoms with E-state index in [4.69, 9.17) is 0 Å². The molecule has 0 aliphatic rings. The van der Waals surface area contributed by atoms with Crippen LogP contribution in [-0.2, 0) is 0 Å². The van der Waals surface area contributed by atoms with E-state index in [0.717, 1.165) is 0 Å². The Kier molecular flexibility index (Phi) is 8.70. The summed E-state index contributed by atoms with van der Waals surface area (Å²) in [5.74, 6) is 0. The van der Waals surface area contributed by atoms with Crippen LogP contribution in [0.1, 0.15) is 13.8 Å². The van der Waals surface area contributed by atoms with Crippen molar-refractivity contribution >= 4 is 7.54 Å². The maximum absolute atomic E-state index is 9.67. The van der Waals surface area contributed by atoms with Crippen LogP contribution in [0.2, 0.25) is 0 Å². The molecule has 0 aliphatic carbocycles. The highest BCUT2D eigenvalue weighted by atomic mass is 19.4. The molecule has 0 nitrogen and oxygen atoms in total. The van der Waals surface area contributed by atoms with Crippen molar-refractivity contribution in [3.63, 3.8) is 0 Å². The Hall–Kier alpha value is -0.405. The van der Waals surface area contributed by atoms with Crippen molar-refractivity contribution in [2.24, 2.45) is 0 Å². The predicted octanol–water partition coefficient (Wildman–Crippen LogP) is 2.46. The number of hydrogen-bond donors (Lipinski definition) is 0. The van der Waals surface area contributed by atoms with Gasteiger partial charge in [-0.25, -0.2) is 0 Å². The lowest BCUT2D eigenvalue weighted by molar-refractivity contribution is 0.535. The van der Waals surface area contributed by atoms with Crippen LogP contribution in [0.15, 0.2) is 12.2 Å². The van der Waals surface area contributed by atoms with E-state index in [1.165, 1.54) is 5.57 Å². The number of allylic oxidation sites excluding steroid dienone is 1. The molecule has 0 heterocycles. The first-order valence-electron chi connectivity index (χ1n) is 2.01. The summed E-state index contributed by atoms with van der Waals surface area (Å²) >= 11 is 0. The van der Waals surface area contributed by atoms with Gasteiger partial charge in [-0.15, -0.1) is 6.58 Å². The van der Waals surface area contributed by atoms with Crippen molar-refractivity contribution in [3.8, 4) is 0 Å². The van der Waals surface area contributed by atoms with Gasteiger partial charge in [0.25, 0.3) is 0 Å². The first-order valence-corrected chi connectivity index (χ1v) is 2.01. The molecule has 48 valence electrons. The molecule has 8 heavy (non-hydrogen) atoms. The fraction of sp³-hybridized carbons (Fsp3) is 0.500. The van der Waals surface area contributed by atoms with Crippen molar-refractivity contribution in [2.45, 2.75) is 13.8 Å². The first-order chi connectivity index (χ1) is 3.46. The Bertz CT molecular complexity index is 55.5. The van der Waals surface area contributed by atoms with Gasteiger partial charge in [0.15, 0.2) is 0 Å². The van der Waals surface area contributed by atoms with E-state index >= 15 is 0 Å². The lowest BCUT2D eigenvalue weighted by atomic mass is 10.4. The number of rotatable bonds is 0. The fourth-order valence-electron chi connectivity index (χ4n) is 0. The van der Waals surface area contributed by atoms with E-state index in [-0.39, 0.29) is 0 Å². The highest BCUT2D eigenvalue weighted by molar-refractivity contribution is 6.33. The molecule has 0 aromatic rings. The zero-order valence-electron chi connectivity index (χ0n) is 4.92. The van der Waals surface area contributed by atoms with Gasteiger partial charge in [-0.2, -0.15) is 0 Å². The summed E-state index contributed by atoms with van der Waals surface area (Å²) in [6.07, 6.45) is 0. The van der Waals surface area contributed by atoms with Crippen molar-refractivity contribution in [1.82, 2.24) is 0 Å². The van der Waals surface area contributed by atoms with E-state index in [0.29, 0.717) is 0 Å². The second-order valence-electron chi connectivity index (χ2n) is 1.45. The number of halogens is 3. The van der Waals surface area contributed by atoms with Crippen LogP contribution in [0.25, 0.3) is 0 Å². The van der Waals surface area contributed by atoms with Gasteiger partial charge in [0.2, 0.25) is 0 Å². The molecule has 0 amide bonds. The summed E-state index contributed by atoms with van der Waals surface area (Å²) in [5, 5.41) is 0. The molecule has 0 atom stereocenters. The third kappa shape index (κ3) is 720. The van der Waals surface area contributed by atoms with Gasteiger partial charge < -0.3 is 0 Å². The molecule has 0 spiro atoms. The summed E-state index contributed by atoms with van der Waals surface area (Å²) in [6.45, 7) is 7.50. The average Bonchev–Trinajstić information content (AvgIpc) is 1.25. The Labute approximate surface area is 47.6 Å². The van der Waals surface area contributed by atoms with Crippen molar-refractivity contribution in [3.05, 3.63) is 12.2 Å². The summed E-state index contributed by atoms with van der Waals surface area (Å²) in [5.41, 5.74) is 1.17. The zero-order chi connectivity index (χ0) is 7.15. The standard InChI is InChI=1S/C4H8.BF3/c1-4(2)3;2-1(3)4/h1H2,2-3H3;. The van der Waals surface area contributed by atoms with Crippen molar-refractivity contribution in [1.29, 1.82) is 0 Å². The Morgan fingerprint density at radius 1 is 1.25 bits per heavy atom. The molecule has 0 aromatic carbocycles. The molecule has 4 heteroatoms. The van der Waals surface area contributed by atoms with Crippen LogP contribution in [0, 0.1) is 0 Å². The first kappa shape index (κ1) is 10.6. The third-order valence-corrected chi connectivity index (χ3v) is 0. The molecule has 0 fully saturated rings. The zero-order valence-corrected chi connectivity index (χ0v) is 4.92. The Morgan fingerprint density at radius 2 is 1.25 bits per heavy atom. The molecule has 0 saturated carbocycles. The molecule has 0 unspecified atom stereocenters. The van der Waals surface area contributed by atoms with Gasteiger partial charge >= 0.3 is 7.54 Å². The van der Waals surface area contributed by atoms with Gasteiger partial charge in [0.05, 0.1) is 0 Å². The van der Waals surface area contributed by atoms with Gasteiger partial charge in [0, 0.05) is 0 Å². The van der Waals surface area contributed by atoms with Crippen molar-refractivity contribution in [2.75, 3.05) is 0 Å². The Balaban J connectivity index is 0. The van der Waals surface area contributed by atoms with E-state index in [2.05, 4.69) is 6.58 Å². The molecular weight excluding hydrogens is 116 g/mol. The molecule has 0 bridgehead atoms. The van der Waals surface area contributed by atoms with Gasteiger partial charge in [0.1, 0.15) is 0 Å². The minimum absolute atomic E-state index is 1.17. The number of hydrogen-bond acceptors (Lipinski definition) is 0. The van der Waals surface area contributed by atoms with Gasteiger partial charge in [-0.3, -0.25) is 12.9 Å². The lowest BCUT2D eigenvalue weighted by Crippen LogP contribution is -1.76. The second kappa shape index (κ2) is 6.59. The summed E-state index contributed by atoms with van der Waals surface area (Å²) in [7, 11) is -3.67. The third-order valence-electron chi connectivity index (χ3n) is 0. The molecule has 0 radical (unpaired) electrons. The van der Waals surface area contributed by atoms with Gasteiger partial charge in [-0.05, 0) is 13.8 Å². The van der Waals surface area contributed by atoms with E-state index < -0.39 is 7.54 Å². The predicted molar refractivity (Wildman–Crippen MR) is 29.6 cm³/mol. The molecule has 0 aromatic heterocycles. The molecule has 0 rings (SSSR count). The molecular formula is C4H8BF3. The minimum Gasteiger partial charge on any atom is -0.254 e. The monoisotopic (exact) mass is 124 g/mol. The summed E-state index contributed by atoms with van der Waals surface area (Å²) < 4.78 is 29.0. The van der Waals surface area contributed by atoms with Crippen LogP contribution in [0.4, 0.5) is 12.9 Å². The fourth-order valence-corrected chi connectivity index (χ4v) is 0. The quantitative estimate of drug-likeness (QED) is 0.343. The van der Waals surface area contributed by atoms with Crippen LogP contribution >= 0.6 is 0 Å². The highest BCUT2D eigenvalue weighted by Crippen LogP contribution is 1.80. The van der Waals surface area contributed by atoms with Crippen LogP contribution < -0.4 is 0 Å². The largest absolute Gasteiger partial charge is 0.762 e. The van der Waals surface area contributed by atoms with Gasteiger partial charge in [-0.1, -0.05) is 5.57 Å². The summed E-state index contributed by atoms with van der Waals surface area (Å²) in [4.78, 5) is 0. The smallest absolute Gasteiger partial charge is 0.254 e. The highest BCUT2D eigenvalue weighted by Gasteiger charge is 2.06. The van der Waals surface area contributed by atoms with E-state index in [9.17, 15) is 12.9 Å². The Morgan fingerprint density at radius 3 is 1.25 bits per heavy atom. The maximum atomic E-state index is 9.67. The van der Waals surface area contributed by atoms with Crippen LogP contribution in [0.3, 0.4) is 0 Å². The maximum Gasteiger partial charge on any atom is 0.762 e. The van der Waals surface area contributed by atoms with Crippen LogP contribution in [0.5, 0.6) is 0 Å². The topological polar surface area (TPSA) is 0 Å². The van der Waals surface area contributed by atoms with Crippen LogP contribution in [-0.4, -0.2) is 7.54 Å².